The van der Waals surface area contributed by atoms with Crippen LogP contribution in [0.1, 0.15) is 58.4 Å². The minimum atomic E-state index is -5.20. The lowest BCUT2D eigenvalue weighted by molar-refractivity contribution is -0.277. The molecular weight excluding hydrogens is 534 g/mol. The van der Waals surface area contributed by atoms with Crippen molar-refractivity contribution in [1.82, 2.24) is 15.2 Å². The van der Waals surface area contributed by atoms with Gasteiger partial charge in [0, 0.05) is 0 Å². The Bertz CT molecular complexity index is 1130. The molecule has 0 aliphatic carbocycles. The maximum atomic E-state index is 13.9. The second kappa shape index (κ2) is 10.2. The summed E-state index contributed by atoms with van der Waals surface area (Å²) in [4.78, 5) is 16.1. The van der Waals surface area contributed by atoms with Crippen molar-refractivity contribution in [2.24, 2.45) is 0 Å². The summed E-state index contributed by atoms with van der Waals surface area (Å²) in [7, 11) is 0. The van der Waals surface area contributed by atoms with Crippen molar-refractivity contribution in [1.29, 1.82) is 0 Å². The average Bonchev–Trinajstić information content (AvgIpc) is 3.21. The number of aliphatic hydroxyl groups is 1. The minimum absolute atomic E-state index is 0.115. The lowest BCUT2D eigenvalue weighted by Crippen LogP contribution is -2.42. The third-order valence-electron chi connectivity index (χ3n) is 4.94. The molecule has 2 aromatic heterocycles. The Balaban J connectivity index is 2.23. The first-order valence-electron chi connectivity index (χ1n) is 10.9. The standard InChI is InChI=1S/C21H24F6N4O5S/c1-10-34-14-11(20(22,23)24)9-12(28-17(32)36-18(2,3)4)13(29-14)15-30-31-16(35-15)19(33,21(25,26)27)7-5-6-8-37-10/h9-10,33H,5-8H2,1-4H3,(H,28,32)/t10-,19+/m0/s1. The minimum Gasteiger partial charge on any atom is -0.463 e. The Morgan fingerprint density at radius 1 is 1.19 bits per heavy atom. The van der Waals surface area contributed by atoms with Gasteiger partial charge in [-0.25, -0.2) is 9.78 Å². The average molecular weight is 559 g/mol. The van der Waals surface area contributed by atoms with Crippen molar-refractivity contribution in [3.8, 4) is 17.5 Å². The van der Waals surface area contributed by atoms with Gasteiger partial charge in [0.05, 0.1) is 5.69 Å². The molecule has 16 heteroatoms. The molecule has 2 atom stereocenters. The van der Waals surface area contributed by atoms with E-state index >= 15 is 0 Å². The number of ether oxygens (including phenoxy) is 2. The molecule has 0 saturated carbocycles. The molecule has 206 valence electrons. The van der Waals surface area contributed by atoms with Gasteiger partial charge in [0.15, 0.2) is 5.69 Å². The highest BCUT2D eigenvalue weighted by molar-refractivity contribution is 7.99. The quantitative estimate of drug-likeness (QED) is 0.413. The number of thioether (sulfide) groups is 1. The van der Waals surface area contributed by atoms with Gasteiger partial charge < -0.3 is 19.0 Å². The molecule has 4 bridgehead atoms. The first-order valence-corrected chi connectivity index (χ1v) is 12.0. The smallest absolute Gasteiger partial charge is 0.426 e. The van der Waals surface area contributed by atoms with Crippen molar-refractivity contribution in [3.63, 3.8) is 0 Å². The van der Waals surface area contributed by atoms with E-state index in [4.69, 9.17) is 13.9 Å². The number of pyridine rings is 1. The summed E-state index contributed by atoms with van der Waals surface area (Å²) in [6.45, 7) is 5.97. The van der Waals surface area contributed by atoms with E-state index in [2.05, 4.69) is 20.5 Å². The monoisotopic (exact) mass is 558 g/mol. The van der Waals surface area contributed by atoms with Gasteiger partial charge >= 0.3 is 18.4 Å². The van der Waals surface area contributed by atoms with Gasteiger partial charge in [0.2, 0.25) is 11.5 Å². The van der Waals surface area contributed by atoms with Crippen LogP contribution in [0.4, 0.5) is 36.8 Å². The molecule has 2 N–H and O–H groups in total. The molecule has 0 fully saturated rings. The van der Waals surface area contributed by atoms with E-state index < -0.39 is 76.1 Å². The first-order chi connectivity index (χ1) is 16.9. The maximum absolute atomic E-state index is 13.9. The molecule has 37 heavy (non-hydrogen) atoms. The zero-order valence-electron chi connectivity index (χ0n) is 20.1. The molecular formula is C21H24F6N4O5S. The molecule has 1 aliphatic rings. The third kappa shape index (κ3) is 6.77. The van der Waals surface area contributed by atoms with Gasteiger partial charge in [-0.3, -0.25) is 5.32 Å². The molecule has 0 aromatic carbocycles. The number of hydrogen-bond donors (Lipinski definition) is 2. The van der Waals surface area contributed by atoms with E-state index in [1.54, 1.807) is 0 Å². The molecule has 9 nitrogen and oxygen atoms in total. The van der Waals surface area contributed by atoms with Crippen LogP contribution < -0.4 is 10.1 Å². The summed E-state index contributed by atoms with van der Waals surface area (Å²) in [6.07, 6.45) is -12.1. The Hall–Kier alpha value is -2.75. The second-order valence-electron chi connectivity index (χ2n) is 9.15. The van der Waals surface area contributed by atoms with Crippen LogP contribution in [0, 0.1) is 0 Å². The van der Waals surface area contributed by atoms with E-state index in [1.165, 1.54) is 27.7 Å². The van der Waals surface area contributed by atoms with Crippen LogP contribution in [-0.2, 0) is 16.5 Å². The van der Waals surface area contributed by atoms with Crippen LogP contribution in [0.25, 0.3) is 11.6 Å². The maximum Gasteiger partial charge on any atom is 0.426 e. The van der Waals surface area contributed by atoms with Crippen LogP contribution in [0.2, 0.25) is 0 Å². The Labute approximate surface area is 211 Å². The number of rotatable bonds is 1. The van der Waals surface area contributed by atoms with Crippen molar-refractivity contribution < 1.29 is 50.1 Å². The van der Waals surface area contributed by atoms with Gasteiger partial charge in [-0.15, -0.1) is 22.0 Å². The number of amides is 1. The van der Waals surface area contributed by atoms with E-state index in [9.17, 15) is 36.2 Å². The van der Waals surface area contributed by atoms with Crippen LogP contribution in [-0.4, -0.2) is 49.3 Å². The molecule has 1 aliphatic heterocycles. The molecule has 0 radical (unpaired) electrons. The fraction of sp³-hybridized carbons (Fsp3) is 0.619. The van der Waals surface area contributed by atoms with Crippen LogP contribution in [0.3, 0.4) is 0 Å². The summed E-state index contributed by atoms with van der Waals surface area (Å²) in [5.74, 6) is -2.71. The van der Waals surface area contributed by atoms with Gasteiger partial charge in [0.25, 0.3) is 11.8 Å². The number of carbonyl (C=O) groups excluding carboxylic acids is 1. The molecule has 3 rings (SSSR count). The molecule has 0 spiro atoms. The number of fused-ring (bicyclic) bond motifs is 5. The molecule has 3 heterocycles. The Morgan fingerprint density at radius 2 is 1.86 bits per heavy atom. The van der Waals surface area contributed by atoms with Crippen molar-refractivity contribution in [2.45, 2.75) is 75.9 Å². The first kappa shape index (κ1) is 28.8. The Morgan fingerprint density at radius 3 is 2.46 bits per heavy atom. The highest BCUT2D eigenvalue weighted by atomic mass is 32.2. The van der Waals surface area contributed by atoms with Gasteiger partial charge in [-0.05, 0) is 58.8 Å². The zero-order valence-corrected chi connectivity index (χ0v) is 20.9. The van der Waals surface area contributed by atoms with Crippen molar-refractivity contribution in [3.05, 3.63) is 17.5 Å². The van der Waals surface area contributed by atoms with Crippen LogP contribution in [0.5, 0.6) is 5.88 Å². The lowest BCUT2D eigenvalue weighted by Gasteiger charge is -2.27. The molecule has 0 saturated heterocycles. The number of nitrogens with zero attached hydrogens (tertiary/aromatic N) is 3. The fourth-order valence-corrected chi connectivity index (χ4v) is 4.10. The lowest BCUT2D eigenvalue weighted by atomic mass is 9.96. The summed E-state index contributed by atoms with van der Waals surface area (Å²) in [5, 5.41) is 19.3. The fourth-order valence-electron chi connectivity index (χ4n) is 3.24. The number of halogens is 6. The molecule has 1 amide bonds. The number of alkyl halides is 6. The number of hydrogen-bond acceptors (Lipinski definition) is 9. The molecule has 2 aromatic rings. The van der Waals surface area contributed by atoms with Gasteiger partial charge in [-0.1, -0.05) is 0 Å². The normalized spacial score (nSPS) is 21.5. The highest BCUT2D eigenvalue weighted by Gasteiger charge is 2.58. The SMILES string of the molecule is C[C@H]1Oc2nc(c(NC(=O)OC(C)(C)C)cc2C(F)(F)F)-c2nnc(o2)[C@@](O)(C(F)(F)F)CCCCS1. The van der Waals surface area contributed by atoms with Crippen LogP contribution >= 0.6 is 11.8 Å². The third-order valence-corrected chi connectivity index (χ3v) is 6.03. The summed E-state index contributed by atoms with van der Waals surface area (Å²) >= 11 is 1.04. The zero-order chi connectivity index (χ0) is 27.8. The largest absolute Gasteiger partial charge is 0.463 e. The number of nitrogens with one attached hydrogen (secondary N) is 1. The van der Waals surface area contributed by atoms with E-state index in [-0.39, 0.29) is 18.6 Å². The number of carbonyl (C=O) groups is 1. The van der Waals surface area contributed by atoms with E-state index in [0.29, 0.717) is 6.07 Å². The van der Waals surface area contributed by atoms with Gasteiger partial charge in [0.1, 0.15) is 16.6 Å². The Kier molecular flexibility index (Phi) is 7.94. The van der Waals surface area contributed by atoms with E-state index in [1.807, 2.05) is 0 Å². The highest BCUT2D eigenvalue weighted by Crippen LogP contribution is 2.45. The summed E-state index contributed by atoms with van der Waals surface area (Å²) < 4.78 is 98.7. The summed E-state index contributed by atoms with van der Waals surface area (Å²) in [6, 6.07) is 0.477. The van der Waals surface area contributed by atoms with Gasteiger partial charge in [-0.2, -0.15) is 26.3 Å². The second-order valence-corrected chi connectivity index (χ2v) is 10.6. The molecule has 0 unspecified atom stereocenters. The summed E-state index contributed by atoms with van der Waals surface area (Å²) in [5.41, 5.74) is -8.06. The predicted molar refractivity (Wildman–Crippen MR) is 119 cm³/mol. The van der Waals surface area contributed by atoms with Crippen molar-refractivity contribution >= 4 is 23.5 Å². The number of aromatic nitrogens is 3. The van der Waals surface area contributed by atoms with E-state index in [0.717, 1.165) is 11.8 Å². The van der Waals surface area contributed by atoms with Crippen LogP contribution in [0.15, 0.2) is 10.5 Å². The predicted octanol–water partition coefficient (Wildman–Crippen LogP) is 5.89. The van der Waals surface area contributed by atoms with Crippen molar-refractivity contribution in [2.75, 3.05) is 11.1 Å². The topological polar surface area (TPSA) is 120 Å². The number of anilines is 1.